The van der Waals surface area contributed by atoms with Crippen molar-refractivity contribution in [1.82, 2.24) is 4.37 Å². The molecule has 3 aromatic carbocycles. The zero-order chi connectivity index (χ0) is 21.6. The second-order valence-corrected chi connectivity index (χ2v) is 8.13. The Bertz CT molecular complexity index is 1120. The molecule has 4 rings (SSSR count). The molecule has 0 unspecified atom stereocenters. The number of ether oxygens (including phenoxy) is 2. The van der Waals surface area contributed by atoms with Crippen LogP contribution in [0.2, 0.25) is 0 Å². The van der Waals surface area contributed by atoms with Crippen LogP contribution >= 0.6 is 11.5 Å². The van der Waals surface area contributed by atoms with Crippen molar-refractivity contribution in [1.29, 1.82) is 0 Å². The minimum absolute atomic E-state index is 0.645. The summed E-state index contributed by atoms with van der Waals surface area (Å²) >= 11 is 1.51. The van der Waals surface area contributed by atoms with Crippen molar-refractivity contribution in [3.05, 3.63) is 72.3 Å². The highest BCUT2D eigenvalue weighted by Crippen LogP contribution is 2.37. The average Bonchev–Trinajstić information content (AvgIpc) is 3.26. The molecule has 5 nitrogen and oxygen atoms in total. The molecule has 0 bridgehead atoms. The molecule has 6 heteroatoms. The Labute approximate surface area is 187 Å². The van der Waals surface area contributed by atoms with Crippen LogP contribution in [0, 0.1) is 0 Å². The van der Waals surface area contributed by atoms with Crippen molar-refractivity contribution < 1.29 is 9.47 Å². The van der Waals surface area contributed by atoms with Gasteiger partial charge >= 0.3 is 0 Å². The van der Waals surface area contributed by atoms with E-state index < -0.39 is 0 Å². The smallest absolute Gasteiger partial charge is 0.154 e. The zero-order valence-corrected chi connectivity index (χ0v) is 18.7. The molecule has 0 aliphatic carbocycles. The Kier molecular flexibility index (Phi) is 6.70. The summed E-state index contributed by atoms with van der Waals surface area (Å²) in [5.41, 5.74) is 9.40. The van der Waals surface area contributed by atoms with Gasteiger partial charge in [0.15, 0.2) is 5.82 Å². The second kappa shape index (κ2) is 9.81. The van der Waals surface area contributed by atoms with E-state index in [-0.39, 0.29) is 0 Å². The summed E-state index contributed by atoms with van der Waals surface area (Å²) < 4.78 is 16.8. The first-order chi connectivity index (χ1) is 15.2. The van der Waals surface area contributed by atoms with Gasteiger partial charge in [-0.15, -0.1) is 0 Å². The number of nitrogens with zero attached hydrogens (tertiary/aromatic N) is 2. The number of anilines is 1. The van der Waals surface area contributed by atoms with Crippen molar-refractivity contribution in [2.24, 2.45) is 5.73 Å². The van der Waals surface area contributed by atoms with Crippen LogP contribution in [0.5, 0.6) is 11.5 Å². The molecule has 4 aromatic rings. The van der Waals surface area contributed by atoms with Gasteiger partial charge in [0.25, 0.3) is 0 Å². The van der Waals surface area contributed by atoms with E-state index >= 15 is 0 Å². The van der Waals surface area contributed by atoms with Gasteiger partial charge in [-0.1, -0.05) is 42.5 Å². The molecule has 1 heterocycles. The van der Waals surface area contributed by atoms with Crippen LogP contribution < -0.4 is 20.1 Å². The maximum Gasteiger partial charge on any atom is 0.154 e. The molecule has 0 amide bonds. The zero-order valence-electron chi connectivity index (χ0n) is 17.9. The lowest BCUT2D eigenvalue weighted by atomic mass is 10.0. The van der Waals surface area contributed by atoms with E-state index in [0.717, 1.165) is 46.9 Å². The topological polar surface area (TPSA) is 60.6 Å². The Balaban J connectivity index is 1.60. The highest BCUT2D eigenvalue weighted by molar-refractivity contribution is 7.13. The van der Waals surface area contributed by atoms with E-state index in [9.17, 15) is 0 Å². The van der Waals surface area contributed by atoms with E-state index in [4.69, 9.17) is 19.6 Å². The molecule has 31 heavy (non-hydrogen) atoms. The Morgan fingerprint density at radius 3 is 2.26 bits per heavy atom. The lowest BCUT2D eigenvalue weighted by Gasteiger charge is -2.23. The van der Waals surface area contributed by atoms with Crippen molar-refractivity contribution in [3.63, 3.8) is 0 Å². The fraction of sp³-hybridized carbons (Fsp3) is 0.240. The molecule has 160 valence electrons. The largest absolute Gasteiger partial charge is 0.497 e. The third-order valence-electron chi connectivity index (χ3n) is 5.34. The van der Waals surface area contributed by atoms with E-state index in [1.54, 1.807) is 14.2 Å². The number of hydrogen-bond acceptors (Lipinski definition) is 6. The molecule has 0 saturated carbocycles. The highest BCUT2D eigenvalue weighted by Gasteiger charge is 2.18. The Morgan fingerprint density at radius 1 is 0.903 bits per heavy atom. The predicted molar refractivity (Wildman–Crippen MR) is 129 cm³/mol. The van der Waals surface area contributed by atoms with Gasteiger partial charge in [0.1, 0.15) is 11.5 Å². The van der Waals surface area contributed by atoms with Gasteiger partial charge in [-0.3, -0.25) is 0 Å². The summed E-state index contributed by atoms with van der Waals surface area (Å²) in [7, 11) is 3.39. The number of methoxy groups -OCH3 is 2. The fourth-order valence-corrected chi connectivity index (χ4v) is 4.49. The van der Waals surface area contributed by atoms with E-state index in [1.807, 2.05) is 24.3 Å². The molecule has 1 aromatic heterocycles. The lowest BCUT2D eigenvalue weighted by Crippen LogP contribution is -2.26. The monoisotopic (exact) mass is 433 g/mol. The molecule has 0 fully saturated rings. The molecule has 2 N–H and O–H groups in total. The number of hydrogen-bond donors (Lipinski definition) is 1. The van der Waals surface area contributed by atoms with Crippen LogP contribution in [0.3, 0.4) is 0 Å². The summed E-state index contributed by atoms with van der Waals surface area (Å²) in [6, 6.07) is 22.9. The van der Waals surface area contributed by atoms with Crippen molar-refractivity contribution in [2.75, 3.05) is 32.2 Å². The summed E-state index contributed by atoms with van der Waals surface area (Å²) in [5, 5.41) is 1.07. The molecule has 0 spiro atoms. The van der Waals surface area contributed by atoms with E-state index in [0.29, 0.717) is 6.54 Å². The van der Waals surface area contributed by atoms with Crippen LogP contribution in [0.25, 0.3) is 21.2 Å². The minimum atomic E-state index is 0.645. The normalized spacial score (nSPS) is 10.9. The van der Waals surface area contributed by atoms with Gasteiger partial charge in [0.2, 0.25) is 0 Å². The summed E-state index contributed by atoms with van der Waals surface area (Å²) in [4.78, 5) is 2.30. The van der Waals surface area contributed by atoms with Gasteiger partial charge in [-0.2, -0.15) is 4.37 Å². The minimum Gasteiger partial charge on any atom is -0.497 e. The van der Waals surface area contributed by atoms with Gasteiger partial charge < -0.3 is 20.1 Å². The molecule has 0 radical (unpaired) electrons. The van der Waals surface area contributed by atoms with E-state index in [1.165, 1.54) is 28.2 Å². The first-order valence-electron chi connectivity index (χ1n) is 10.3. The third kappa shape index (κ3) is 4.65. The fourth-order valence-electron chi connectivity index (χ4n) is 3.68. The van der Waals surface area contributed by atoms with E-state index in [2.05, 4.69) is 47.4 Å². The Morgan fingerprint density at radius 2 is 1.61 bits per heavy atom. The maximum absolute atomic E-state index is 5.82. The SMILES string of the molecule is COc1ccc(-c2ccc(CN(CCCN)c3nsc4cccc(OC)c34)cc2)cc1. The van der Waals surface area contributed by atoms with Gasteiger partial charge in [-0.25, -0.2) is 0 Å². The Hall–Kier alpha value is -3.09. The predicted octanol–water partition coefficient (Wildman–Crippen LogP) is 5.34. The van der Waals surface area contributed by atoms with Gasteiger partial charge in [0, 0.05) is 13.1 Å². The van der Waals surface area contributed by atoms with Gasteiger partial charge in [-0.05, 0) is 65.5 Å². The van der Waals surface area contributed by atoms with Crippen molar-refractivity contribution in [3.8, 4) is 22.6 Å². The maximum atomic E-state index is 5.82. The molecule has 0 saturated heterocycles. The third-order valence-corrected chi connectivity index (χ3v) is 6.15. The first kappa shape index (κ1) is 21.2. The molecular formula is C25H27N3O2S. The highest BCUT2D eigenvalue weighted by atomic mass is 32.1. The number of aromatic nitrogens is 1. The molecular weight excluding hydrogens is 406 g/mol. The summed E-state index contributed by atoms with van der Waals surface area (Å²) in [6.07, 6.45) is 0.901. The molecule has 0 aliphatic rings. The number of rotatable bonds is 9. The van der Waals surface area contributed by atoms with Crippen molar-refractivity contribution >= 4 is 27.4 Å². The standard InChI is InChI=1S/C25H27N3O2S/c1-29-21-13-11-20(12-14-21)19-9-7-18(8-10-19)17-28(16-4-15-26)25-24-22(30-2)5-3-6-23(24)31-27-25/h3,5-14H,4,15-17,26H2,1-2H3. The van der Waals surface area contributed by atoms with Crippen molar-refractivity contribution in [2.45, 2.75) is 13.0 Å². The van der Waals surface area contributed by atoms with Gasteiger partial charge in [0.05, 0.1) is 24.3 Å². The van der Waals surface area contributed by atoms with Crippen LogP contribution in [-0.2, 0) is 6.54 Å². The first-order valence-corrected chi connectivity index (χ1v) is 11.1. The number of benzene rings is 3. The second-order valence-electron chi connectivity index (χ2n) is 7.33. The summed E-state index contributed by atoms with van der Waals surface area (Å²) in [6.45, 7) is 2.25. The average molecular weight is 434 g/mol. The lowest BCUT2D eigenvalue weighted by molar-refractivity contribution is 0.415. The van der Waals surface area contributed by atoms with Crippen LogP contribution in [0.4, 0.5) is 5.82 Å². The number of fused-ring (bicyclic) bond motifs is 1. The van der Waals surface area contributed by atoms with Crippen LogP contribution in [0.1, 0.15) is 12.0 Å². The molecule has 0 atom stereocenters. The van der Waals surface area contributed by atoms with Crippen LogP contribution in [0.15, 0.2) is 66.7 Å². The number of nitrogens with two attached hydrogens (primary N) is 1. The van der Waals surface area contributed by atoms with Crippen LogP contribution in [-0.4, -0.2) is 31.7 Å². The quantitative estimate of drug-likeness (QED) is 0.386. The molecule has 0 aliphatic heterocycles. The summed E-state index contributed by atoms with van der Waals surface area (Å²) in [5.74, 6) is 2.68.